The summed E-state index contributed by atoms with van der Waals surface area (Å²) in [6.45, 7) is 0.865. The number of rotatable bonds is 8. The topological polar surface area (TPSA) is 81.4 Å². The molecular weight excluding hydrogens is 390 g/mol. The van der Waals surface area contributed by atoms with Crippen LogP contribution in [0.1, 0.15) is 6.42 Å². The van der Waals surface area contributed by atoms with Crippen LogP contribution in [-0.2, 0) is 14.6 Å². The number of methoxy groups -OCH3 is 1. The number of hydrogen-bond acceptors (Lipinski definition) is 6. The Labute approximate surface area is 161 Å². The molecule has 0 amide bonds. The first-order valence-electron chi connectivity index (χ1n) is 8.42. The van der Waals surface area contributed by atoms with E-state index in [9.17, 15) is 17.2 Å². The SMILES string of the molecule is COCCCNc1oc(-c2ccc(F)cc2)nc1S(=O)(=O)c1ccc(F)cc1. The van der Waals surface area contributed by atoms with Crippen molar-refractivity contribution < 1.29 is 26.4 Å². The van der Waals surface area contributed by atoms with Crippen molar-refractivity contribution >= 4 is 15.7 Å². The minimum atomic E-state index is -4.06. The summed E-state index contributed by atoms with van der Waals surface area (Å²) in [5.74, 6) is -1.01. The molecule has 3 rings (SSSR count). The predicted molar refractivity (Wildman–Crippen MR) is 98.7 cm³/mol. The molecule has 2 aromatic carbocycles. The summed E-state index contributed by atoms with van der Waals surface area (Å²) in [5.41, 5.74) is 0.418. The summed E-state index contributed by atoms with van der Waals surface area (Å²) < 4.78 is 62.9. The molecule has 148 valence electrons. The highest BCUT2D eigenvalue weighted by molar-refractivity contribution is 7.91. The lowest BCUT2D eigenvalue weighted by atomic mass is 10.2. The Kier molecular flexibility index (Phi) is 6.05. The van der Waals surface area contributed by atoms with Gasteiger partial charge in [0, 0.05) is 25.8 Å². The third kappa shape index (κ3) is 4.37. The zero-order chi connectivity index (χ0) is 20.1. The van der Waals surface area contributed by atoms with Crippen molar-refractivity contribution in [1.82, 2.24) is 4.98 Å². The Balaban J connectivity index is 2.01. The van der Waals surface area contributed by atoms with Crippen molar-refractivity contribution in [2.45, 2.75) is 16.3 Å². The van der Waals surface area contributed by atoms with Crippen molar-refractivity contribution in [2.24, 2.45) is 0 Å². The van der Waals surface area contributed by atoms with Gasteiger partial charge in [-0.05, 0) is 55.0 Å². The molecule has 0 spiro atoms. The van der Waals surface area contributed by atoms with E-state index < -0.39 is 21.5 Å². The van der Waals surface area contributed by atoms with Crippen LogP contribution >= 0.6 is 0 Å². The smallest absolute Gasteiger partial charge is 0.233 e. The first-order chi connectivity index (χ1) is 13.4. The molecule has 1 aromatic heterocycles. The van der Waals surface area contributed by atoms with Gasteiger partial charge in [0.05, 0.1) is 4.90 Å². The molecule has 0 atom stereocenters. The third-order valence-corrected chi connectivity index (χ3v) is 5.56. The van der Waals surface area contributed by atoms with E-state index in [-0.39, 0.29) is 21.7 Å². The van der Waals surface area contributed by atoms with E-state index in [1.807, 2.05) is 0 Å². The number of aromatic nitrogens is 1. The van der Waals surface area contributed by atoms with Crippen LogP contribution in [0.3, 0.4) is 0 Å². The van der Waals surface area contributed by atoms with Crippen molar-refractivity contribution in [3.05, 3.63) is 60.2 Å². The molecular formula is C19H18F2N2O4S. The lowest BCUT2D eigenvalue weighted by molar-refractivity contribution is 0.197. The van der Waals surface area contributed by atoms with E-state index in [4.69, 9.17) is 9.15 Å². The van der Waals surface area contributed by atoms with Gasteiger partial charge in [0.15, 0.2) is 0 Å². The Morgan fingerprint density at radius 1 is 1.04 bits per heavy atom. The number of halogens is 2. The Morgan fingerprint density at radius 3 is 2.25 bits per heavy atom. The second-order valence-corrected chi connectivity index (χ2v) is 7.76. The van der Waals surface area contributed by atoms with Gasteiger partial charge in [0.25, 0.3) is 0 Å². The first-order valence-corrected chi connectivity index (χ1v) is 9.90. The minimum absolute atomic E-state index is 0.0231. The van der Waals surface area contributed by atoms with E-state index in [1.165, 1.54) is 24.3 Å². The van der Waals surface area contributed by atoms with Crippen molar-refractivity contribution in [1.29, 1.82) is 0 Å². The summed E-state index contributed by atoms with van der Waals surface area (Å²) in [6.07, 6.45) is 0.610. The molecule has 28 heavy (non-hydrogen) atoms. The highest BCUT2D eigenvalue weighted by atomic mass is 32.2. The second-order valence-electron chi connectivity index (χ2n) is 5.89. The number of anilines is 1. The molecule has 9 heteroatoms. The van der Waals surface area contributed by atoms with E-state index in [2.05, 4.69) is 10.3 Å². The fraction of sp³-hybridized carbons (Fsp3) is 0.211. The zero-order valence-corrected chi connectivity index (χ0v) is 15.8. The highest BCUT2D eigenvalue weighted by Gasteiger charge is 2.28. The van der Waals surface area contributed by atoms with Gasteiger partial charge >= 0.3 is 0 Å². The van der Waals surface area contributed by atoms with Gasteiger partial charge in [0.1, 0.15) is 11.6 Å². The van der Waals surface area contributed by atoms with Gasteiger partial charge < -0.3 is 14.5 Å². The van der Waals surface area contributed by atoms with Crippen LogP contribution in [0.5, 0.6) is 0 Å². The van der Waals surface area contributed by atoms with Crippen LogP contribution in [0, 0.1) is 11.6 Å². The van der Waals surface area contributed by atoms with Gasteiger partial charge in [0.2, 0.25) is 26.6 Å². The van der Waals surface area contributed by atoms with Crippen LogP contribution in [0.4, 0.5) is 14.7 Å². The van der Waals surface area contributed by atoms with Gasteiger partial charge in [-0.1, -0.05) is 0 Å². The maximum absolute atomic E-state index is 13.2. The number of nitrogens with one attached hydrogen (secondary N) is 1. The average molecular weight is 408 g/mol. The molecule has 0 fully saturated rings. The van der Waals surface area contributed by atoms with Crippen LogP contribution in [0.25, 0.3) is 11.5 Å². The lowest BCUT2D eigenvalue weighted by Crippen LogP contribution is -2.09. The molecule has 1 N–H and O–H groups in total. The monoisotopic (exact) mass is 408 g/mol. The number of sulfone groups is 1. The average Bonchev–Trinajstić information content (AvgIpc) is 3.11. The fourth-order valence-electron chi connectivity index (χ4n) is 2.46. The molecule has 0 aliphatic carbocycles. The molecule has 3 aromatic rings. The number of oxazole rings is 1. The van der Waals surface area contributed by atoms with E-state index >= 15 is 0 Å². The van der Waals surface area contributed by atoms with Crippen LogP contribution < -0.4 is 5.32 Å². The fourth-order valence-corrected chi connectivity index (χ4v) is 3.74. The summed E-state index contributed by atoms with van der Waals surface area (Å²) in [5, 5.41) is 2.58. The van der Waals surface area contributed by atoms with Crippen molar-refractivity contribution in [2.75, 3.05) is 25.6 Å². The second kappa shape index (κ2) is 8.49. The van der Waals surface area contributed by atoms with Gasteiger partial charge in [-0.2, -0.15) is 4.98 Å². The summed E-state index contributed by atoms with van der Waals surface area (Å²) >= 11 is 0. The molecule has 0 radical (unpaired) electrons. The van der Waals surface area contributed by atoms with E-state index in [0.29, 0.717) is 25.1 Å². The van der Waals surface area contributed by atoms with Crippen LogP contribution in [-0.4, -0.2) is 33.7 Å². The Bertz CT molecular complexity index is 1030. The maximum atomic E-state index is 13.2. The number of benzene rings is 2. The molecule has 0 unspecified atom stereocenters. The Morgan fingerprint density at radius 2 is 1.64 bits per heavy atom. The quantitative estimate of drug-likeness (QED) is 0.450. The molecule has 0 bridgehead atoms. The normalized spacial score (nSPS) is 11.5. The molecule has 0 saturated carbocycles. The largest absolute Gasteiger partial charge is 0.419 e. The number of ether oxygens (including phenoxy) is 1. The maximum Gasteiger partial charge on any atom is 0.233 e. The molecule has 0 aliphatic rings. The van der Waals surface area contributed by atoms with Gasteiger partial charge in [-0.15, -0.1) is 0 Å². The van der Waals surface area contributed by atoms with Crippen molar-refractivity contribution in [3.63, 3.8) is 0 Å². The zero-order valence-electron chi connectivity index (χ0n) is 15.0. The first kappa shape index (κ1) is 20.0. The standard InChI is InChI=1S/C19H18F2N2O4S/c1-26-12-2-11-22-18-19(28(24,25)16-9-7-15(21)8-10-16)23-17(27-18)13-3-5-14(20)6-4-13/h3-10,22H,2,11-12H2,1H3. The van der Waals surface area contributed by atoms with Gasteiger partial charge in [-0.25, -0.2) is 17.2 Å². The predicted octanol–water partition coefficient (Wildman–Crippen LogP) is 3.90. The molecule has 1 heterocycles. The summed E-state index contributed by atoms with van der Waals surface area (Å²) in [4.78, 5) is 4.00. The highest BCUT2D eigenvalue weighted by Crippen LogP contribution is 2.32. The van der Waals surface area contributed by atoms with Crippen molar-refractivity contribution in [3.8, 4) is 11.5 Å². The van der Waals surface area contributed by atoms with Gasteiger partial charge in [-0.3, -0.25) is 0 Å². The minimum Gasteiger partial charge on any atom is -0.419 e. The number of hydrogen-bond donors (Lipinski definition) is 1. The lowest BCUT2D eigenvalue weighted by Gasteiger charge is -2.06. The Hall–Kier alpha value is -2.78. The summed E-state index contributed by atoms with van der Waals surface area (Å²) in [7, 11) is -2.50. The summed E-state index contributed by atoms with van der Waals surface area (Å²) in [6, 6.07) is 9.74. The van der Waals surface area contributed by atoms with Crippen LogP contribution in [0.15, 0.2) is 62.9 Å². The van der Waals surface area contributed by atoms with E-state index in [0.717, 1.165) is 24.3 Å². The van der Waals surface area contributed by atoms with E-state index in [1.54, 1.807) is 7.11 Å². The molecule has 6 nitrogen and oxygen atoms in total. The molecule has 0 aliphatic heterocycles. The van der Waals surface area contributed by atoms with Crippen LogP contribution in [0.2, 0.25) is 0 Å². The third-order valence-electron chi connectivity index (χ3n) is 3.88. The molecule has 0 saturated heterocycles. The number of nitrogens with zero attached hydrogens (tertiary/aromatic N) is 1.